The summed E-state index contributed by atoms with van der Waals surface area (Å²) in [4.78, 5) is 24.1. The van der Waals surface area contributed by atoms with Gasteiger partial charge in [-0.3, -0.25) is 9.59 Å². The van der Waals surface area contributed by atoms with E-state index in [0.717, 1.165) is 16.6 Å². The minimum Gasteiger partial charge on any atom is -0.481 e. The molecule has 1 aromatic heterocycles. The number of para-hydroxylation sites is 2. The largest absolute Gasteiger partial charge is 0.481 e. The zero-order chi connectivity index (χ0) is 35.8. The summed E-state index contributed by atoms with van der Waals surface area (Å²) in [5, 5.41) is 10.9. The van der Waals surface area contributed by atoms with E-state index in [2.05, 4.69) is 93.1 Å². The van der Waals surface area contributed by atoms with Gasteiger partial charge in [0, 0.05) is 23.6 Å². The lowest BCUT2D eigenvalue weighted by Crippen LogP contribution is -2.37. The Morgan fingerprint density at radius 2 is 1.35 bits per heavy atom. The van der Waals surface area contributed by atoms with E-state index in [1.165, 1.54) is 20.8 Å². The second kappa shape index (κ2) is 24.6. The number of carboxylic acid groups (broad SMARTS) is 1. The summed E-state index contributed by atoms with van der Waals surface area (Å²) in [6.45, 7) is 7.30. The molecule has 0 saturated carbocycles. The van der Waals surface area contributed by atoms with Crippen LogP contribution in [0.5, 0.6) is 0 Å². The van der Waals surface area contributed by atoms with Crippen molar-refractivity contribution in [3.63, 3.8) is 0 Å². The molecule has 0 spiro atoms. The number of nitrogens with zero attached hydrogens (tertiary/aromatic N) is 2. The van der Waals surface area contributed by atoms with Gasteiger partial charge in [0.15, 0.2) is 6.54 Å². The fraction of sp³-hybridized carbons (Fsp3) is 0.432. The smallest absolute Gasteiger partial charge is 0.305 e. The third kappa shape index (κ3) is 14.9. The van der Waals surface area contributed by atoms with Crippen LogP contribution in [0.4, 0.5) is 5.69 Å². The number of hydrogen-bond acceptors (Lipinski definition) is 12. The van der Waals surface area contributed by atoms with Crippen molar-refractivity contribution in [1.29, 1.82) is 0 Å². The highest BCUT2D eigenvalue weighted by molar-refractivity contribution is 8.03. The molecule has 4 rings (SSSR count). The lowest BCUT2D eigenvalue weighted by Gasteiger charge is -2.20. The van der Waals surface area contributed by atoms with Crippen molar-refractivity contribution in [2.45, 2.75) is 17.9 Å². The average Bonchev–Trinajstić information content (AvgIpc) is 3.67. The summed E-state index contributed by atoms with van der Waals surface area (Å²) < 4.78 is 41.4. The van der Waals surface area contributed by atoms with Gasteiger partial charge in [-0.2, -0.15) is 4.57 Å². The van der Waals surface area contributed by atoms with Gasteiger partial charge in [-0.05, 0) is 24.3 Å². The molecule has 1 aliphatic rings. The molecule has 0 bridgehead atoms. The second-order valence-electron chi connectivity index (χ2n) is 10.8. The van der Waals surface area contributed by atoms with E-state index < -0.39 is 5.97 Å². The van der Waals surface area contributed by atoms with Crippen LogP contribution in [0.25, 0.3) is 16.3 Å². The summed E-state index contributed by atoms with van der Waals surface area (Å²) in [5.74, 6) is -0.871. The highest BCUT2D eigenvalue weighted by Crippen LogP contribution is 2.45. The zero-order valence-corrected chi connectivity index (χ0v) is 30.4. The van der Waals surface area contributed by atoms with Crippen LogP contribution in [0.15, 0.2) is 82.8 Å². The third-order valence-electron chi connectivity index (χ3n) is 7.25. The Morgan fingerprint density at radius 1 is 0.725 bits per heavy atom. The molecule has 2 heterocycles. The van der Waals surface area contributed by atoms with Gasteiger partial charge in [-0.25, -0.2) is 0 Å². The van der Waals surface area contributed by atoms with Crippen LogP contribution in [0.2, 0.25) is 0 Å². The minimum absolute atomic E-state index is 0.00574. The van der Waals surface area contributed by atoms with Gasteiger partial charge in [-0.15, -0.1) is 0 Å². The van der Waals surface area contributed by atoms with E-state index in [-0.39, 0.29) is 19.6 Å². The molecule has 0 amide bonds. The maximum atomic E-state index is 10.5. The maximum absolute atomic E-state index is 10.5. The Morgan fingerprint density at radius 3 is 2.08 bits per heavy atom. The number of carbonyl (C=O) groups is 2. The highest BCUT2D eigenvalue weighted by Gasteiger charge is 2.24. The van der Waals surface area contributed by atoms with E-state index >= 15 is 0 Å². The van der Waals surface area contributed by atoms with E-state index in [1.807, 2.05) is 0 Å². The van der Waals surface area contributed by atoms with Crippen LogP contribution in [0.3, 0.4) is 0 Å². The molecule has 1 N–H and O–H groups in total. The van der Waals surface area contributed by atoms with Crippen LogP contribution in [0.1, 0.15) is 11.4 Å². The Labute approximate surface area is 307 Å². The lowest BCUT2D eigenvalue weighted by molar-refractivity contribution is -0.670. The molecule has 14 heteroatoms. The molecule has 12 nitrogen and oxygen atoms in total. The van der Waals surface area contributed by atoms with Crippen molar-refractivity contribution in [3.8, 4) is 0 Å². The third-order valence-corrected chi connectivity index (χ3v) is 9.51. The van der Waals surface area contributed by atoms with Crippen molar-refractivity contribution in [2.24, 2.45) is 0 Å². The van der Waals surface area contributed by atoms with Crippen LogP contribution in [0, 0.1) is 0 Å². The van der Waals surface area contributed by atoms with Crippen LogP contribution >= 0.6 is 23.1 Å². The number of thioether (sulfide) groups is 1. The first-order valence-corrected chi connectivity index (χ1v) is 18.5. The molecule has 0 radical (unpaired) electrons. The van der Waals surface area contributed by atoms with Gasteiger partial charge in [0.2, 0.25) is 5.52 Å². The lowest BCUT2D eigenvalue weighted by atomic mass is 10.3. The Hall–Kier alpha value is -3.60. The maximum Gasteiger partial charge on any atom is 0.305 e. The normalized spacial score (nSPS) is 13.6. The highest BCUT2D eigenvalue weighted by atomic mass is 32.2. The number of carboxylic acids is 1. The number of rotatable bonds is 28. The molecule has 276 valence electrons. The number of hydrogen-bond donors (Lipinski definition) is 1. The summed E-state index contributed by atoms with van der Waals surface area (Å²) >= 11 is 3.49. The number of thiazole rings is 1. The molecule has 0 unspecified atom stereocenters. The topological polar surface area (TPSA) is 126 Å². The quantitative estimate of drug-likeness (QED) is 0.0468. The van der Waals surface area contributed by atoms with E-state index in [1.54, 1.807) is 23.1 Å². The van der Waals surface area contributed by atoms with Gasteiger partial charge in [0.25, 0.3) is 11.5 Å². The Kier molecular flexibility index (Phi) is 19.3. The number of allylic oxidation sites excluding steroid dienone is 4. The Bertz CT molecular complexity index is 1560. The van der Waals surface area contributed by atoms with E-state index in [9.17, 15) is 9.59 Å². The van der Waals surface area contributed by atoms with Gasteiger partial charge in [0.05, 0.1) is 89.8 Å². The fourth-order valence-electron chi connectivity index (χ4n) is 4.87. The van der Waals surface area contributed by atoms with Crippen molar-refractivity contribution >= 4 is 57.5 Å². The predicted molar refractivity (Wildman–Crippen MR) is 197 cm³/mol. The van der Waals surface area contributed by atoms with Crippen LogP contribution in [-0.2, 0) is 49.3 Å². The first-order valence-electron chi connectivity index (χ1n) is 16.9. The molecule has 2 aromatic carbocycles. The van der Waals surface area contributed by atoms with Crippen LogP contribution in [-0.4, -0.2) is 110 Å². The standard InChI is InChI=1S/C37H46N2O10S2/c40-30-49-29-28-48-27-26-47-25-22-45-19-16-39-32-9-5-7-11-34(32)51-36(39)13-3-1-2-12-35-38(31-8-4-6-10-33(31)50-35)15-18-44-21-24-46-23-20-43-17-14-37(41)42/h1-13,30H,14-29H2/p+1. The predicted octanol–water partition coefficient (Wildman–Crippen LogP) is 4.96. The molecular weight excluding hydrogens is 697 g/mol. The summed E-state index contributed by atoms with van der Waals surface area (Å²) in [5.41, 5.74) is 2.35. The van der Waals surface area contributed by atoms with Crippen molar-refractivity contribution < 1.29 is 52.4 Å². The van der Waals surface area contributed by atoms with Gasteiger partial charge in [-0.1, -0.05) is 65.6 Å². The molecule has 3 aromatic rings. The first kappa shape index (κ1) is 40.2. The number of carbonyl (C=O) groups excluding carboxylic acids is 1. The second-order valence-corrected chi connectivity index (χ2v) is 12.9. The molecule has 0 saturated heterocycles. The van der Waals surface area contributed by atoms with Gasteiger partial charge >= 0.3 is 5.97 Å². The first-order chi connectivity index (χ1) is 25.2. The minimum atomic E-state index is -0.871. The Balaban J connectivity index is 1.21. The summed E-state index contributed by atoms with van der Waals surface area (Å²) in [6.07, 6.45) is 10.4. The molecule has 0 atom stereocenters. The molecule has 1 aliphatic heterocycles. The molecule has 51 heavy (non-hydrogen) atoms. The molecule has 0 aliphatic carbocycles. The average molecular weight is 744 g/mol. The van der Waals surface area contributed by atoms with E-state index in [0.29, 0.717) is 85.7 Å². The zero-order valence-electron chi connectivity index (χ0n) is 28.7. The van der Waals surface area contributed by atoms with E-state index in [4.69, 9.17) is 33.5 Å². The van der Waals surface area contributed by atoms with Crippen LogP contribution < -0.4 is 9.47 Å². The van der Waals surface area contributed by atoms with Gasteiger partial charge in [0.1, 0.15) is 17.9 Å². The van der Waals surface area contributed by atoms with Crippen molar-refractivity contribution in [2.75, 3.05) is 97.3 Å². The summed E-state index contributed by atoms with van der Waals surface area (Å²) in [6, 6.07) is 16.8. The number of ether oxygens (including phenoxy) is 7. The van der Waals surface area contributed by atoms with Crippen molar-refractivity contribution in [3.05, 3.63) is 82.9 Å². The van der Waals surface area contributed by atoms with Crippen molar-refractivity contribution in [1.82, 2.24) is 0 Å². The number of aromatic nitrogens is 1. The fourth-order valence-corrected chi connectivity index (χ4v) is 7.07. The molecular formula is C37H47N2O10S2+. The number of aliphatic carboxylic acids is 1. The summed E-state index contributed by atoms with van der Waals surface area (Å²) in [7, 11) is 0. The monoisotopic (exact) mass is 743 g/mol. The number of benzene rings is 2. The number of fused-ring (bicyclic) bond motifs is 2. The van der Waals surface area contributed by atoms with Gasteiger partial charge < -0.3 is 43.2 Å². The SMILES string of the molecule is O=COCCOCCOCCOCC[n+]1c(\C=C/C=C\C=C2/Sc3ccccc3N2CCOCCOCCOCCC(=O)O)sc2ccccc21. The number of anilines is 1. The molecule has 0 fully saturated rings.